The number of likely N-dealkylation sites (tertiary alicyclic amines) is 2. The van der Waals surface area contributed by atoms with Gasteiger partial charge in [-0.05, 0) is 50.4 Å². The summed E-state index contributed by atoms with van der Waals surface area (Å²) in [5.41, 5.74) is 1.02. The van der Waals surface area contributed by atoms with Crippen molar-refractivity contribution in [1.82, 2.24) is 20.1 Å². The Labute approximate surface area is 143 Å². The van der Waals surface area contributed by atoms with Gasteiger partial charge in [0.25, 0.3) is 0 Å². The molecule has 132 valence electrons. The Hall–Kier alpha value is -1.50. The van der Waals surface area contributed by atoms with Crippen molar-refractivity contribution in [2.45, 2.75) is 44.3 Å². The number of aliphatic hydroxyl groups excluding tert-OH is 1. The van der Waals surface area contributed by atoms with E-state index in [4.69, 9.17) is 0 Å². The van der Waals surface area contributed by atoms with Gasteiger partial charge in [0.1, 0.15) is 0 Å². The summed E-state index contributed by atoms with van der Waals surface area (Å²) >= 11 is 0. The molecule has 24 heavy (non-hydrogen) atoms. The van der Waals surface area contributed by atoms with Gasteiger partial charge < -0.3 is 10.4 Å². The maximum atomic E-state index is 12.2. The molecule has 3 rings (SSSR count). The van der Waals surface area contributed by atoms with Crippen molar-refractivity contribution in [3.8, 4) is 0 Å². The van der Waals surface area contributed by atoms with E-state index in [1.54, 1.807) is 12.4 Å². The first-order chi connectivity index (χ1) is 11.8. The van der Waals surface area contributed by atoms with Crippen LogP contribution in [0.3, 0.4) is 0 Å². The van der Waals surface area contributed by atoms with E-state index >= 15 is 0 Å². The average Bonchev–Trinajstić information content (AvgIpc) is 3.24. The van der Waals surface area contributed by atoms with Crippen molar-refractivity contribution in [1.29, 1.82) is 0 Å². The second-order valence-corrected chi connectivity index (χ2v) is 6.88. The molecule has 2 fully saturated rings. The summed E-state index contributed by atoms with van der Waals surface area (Å²) in [6.45, 7) is 4.28. The molecule has 1 amide bonds. The van der Waals surface area contributed by atoms with E-state index in [9.17, 15) is 9.90 Å². The van der Waals surface area contributed by atoms with E-state index in [0.29, 0.717) is 25.2 Å². The fourth-order valence-corrected chi connectivity index (χ4v) is 3.87. The molecule has 2 aliphatic rings. The van der Waals surface area contributed by atoms with Crippen LogP contribution in [0.25, 0.3) is 0 Å². The van der Waals surface area contributed by atoms with Crippen LogP contribution in [0, 0.1) is 0 Å². The molecule has 1 aromatic heterocycles. The second kappa shape index (κ2) is 8.55. The number of carbonyl (C=O) groups is 1. The first-order valence-corrected chi connectivity index (χ1v) is 9.01. The highest BCUT2D eigenvalue weighted by atomic mass is 16.3. The highest BCUT2D eigenvalue weighted by Crippen LogP contribution is 2.23. The van der Waals surface area contributed by atoms with Gasteiger partial charge in [-0.1, -0.05) is 6.07 Å². The topological polar surface area (TPSA) is 68.7 Å². The fourth-order valence-electron chi connectivity index (χ4n) is 3.87. The van der Waals surface area contributed by atoms with Crippen LogP contribution in [0.5, 0.6) is 0 Å². The van der Waals surface area contributed by atoms with Gasteiger partial charge in [-0.2, -0.15) is 0 Å². The Morgan fingerprint density at radius 1 is 1.25 bits per heavy atom. The fraction of sp³-hybridized carbons (Fsp3) is 0.667. The van der Waals surface area contributed by atoms with Crippen LogP contribution in [0.2, 0.25) is 0 Å². The minimum atomic E-state index is 0.0749. The number of aromatic nitrogens is 1. The first-order valence-electron chi connectivity index (χ1n) is 9.01. The molecule has 0 spiro atoms. The van der Waals surface area contributed by atoms with Crippen molar-refractivity contribution in [3.63, 3.8) is 0 Å². The van der Waals surface area contributed by atoms with E-state index in [1.165, 1.54) is 6.42 Å². The molecule has 2 unspecified atom stereocenters. The van der Waals surface area contributed by atoms with Gasteiger partial charge in [-0.25, -0.2) is 0 Å². The maximum absolute atomic E-state index is 12.2. The van der Waals surface area contributed by atoms with Gasteiger partial charge >= 0.3 is 0 Å². The molecule has 3 heterocycles. The SMILES string of the molecule is O=C(CN1CCCC1CN1CCCC1CO)NCc1cccnc1. The number of aliphatic hydroxyl groups is 1. The Balaban J connectivity index is 1.46. The third kappa shape index (κ3) is 4.53. The third-order valence-electron chi connectivity index (χ3n) is 5.21. The Morgan fingerprint density at radius 2 is 2.04 bits per heavy atom. The Morgan fingerprint density at radius 3 is 2.79 bits per heavy atom. The highest BCUT2D eigenvalue weighted by Gasteiger charge is 2.31. The molecule has 2 saturated heterocycles. The van der Waals surface area contributed by atoms with Crippen LogP contribution in [0.15, 0.2) is 24.5 Å². The zero-order valence-corrected chi connectivity index (χ0v) is 14.2. The predicted octanol–water partition coefficient (Wildman–Crippen LogP) is 0.619. The lowest BCUT2D eigenvalue weighted by molar-refractivity contribution is -0.122. The summed E-state index contributed by atoms with van der Waals surface area (Å²) in [4.78, 5) is 21.0. The minimum Gasteiger partial charge on any atom is -0.395 e. The summed E-state index contributed by atoms with van der Waals surface area (Å²) in [5.74, 6) is 0.0749. The molecule has 0 aromatic carbocycles. The van der Waals surface area contributed by atoms with Gasteiger partial charge in [0.15, 0.2) is 0 Å². The summed E-state index contributed by atoms with van der Waals surface area (Å²) < 4.78 is 0. The van der Waals surface area contributed by atoms with E-state index in [-0.39, 0.29) is 12.5 Å². The zero-order valence-electron chi connectivity index (χ0n) is 14.2. The van der Waals surface area contributed by atoms with Gasteiger partial charge in [-0.3, -0.25) is 19.6 Å². The van der Waals surface area contributed by atoms with E-state index in [0.717, 1.165) is 44.5 Å². The van der Waals surface area contributed by atoms with Crippen molar-refractivity contribution >= 4 is 5.91 Å². The molecule has 1 aromatic rings. The molecule has 0 saturated carbocycles. The number of nitrogens with one attached hydrogen (secondary N) is 1. The van der Waals surface area contributed by atoms with Crippen molar-refractivity contribution < 1.29 is 9.90 Å². The number of rotatable bonds is 7. The number of hydrogen-bond donors (Lipinski definition) is 2. The van der Waals surface area contributed by atoms with E-state index in [2.05, 4.69) is 20.1 Å². The molecule has 6 nitrogen and oxygen atoms in total. The quantitative estimate of drug-likeness (QED) is 0.766. The summed E-state index contributed by atoms with van der Waals surface area (Å²) in [5, 5.41) is 12.5. The average molecular weight is 332 g/mol. The van der Waals surface area contributed by atoms with E-state index in [1.807, 2.05) is 12.1 Å². The number of amides is 1. The summed E-state index contributed by atoms with van der Waals surface area (Å²) in [6.07, 6.45) is 8.07. The number of hydrogen-bond acceptors (Lipinski definition) is 5. The molecule has 2 atom stereocenters. The summed E-state index contributed by atoms with van der Waals surface area (Å²) in [6, 6.07) is 4.59. The number of pyridine rings is 1. The van der Waals surface area contributed by atoms with Gasteiger partial charge in [0.2, 0.25) is 5.91 Å². The van der Waals surface area contributed by atoms with Crippen LogP contribution in [-0.4, -0.2) is 70.7 Å². The van der Waals surface area contributed by atoms with Crippen LogP contribution >= 0.6 is 0 Å². The lowest BCUT2D eigenvalue weighted by Crippen LogP contribution is -2.46. The molecule has 0 aliphatic carbocycles. The van der Waals surface area contributed by atoms with Crippen LogP contribution < -0.4 is 5.32 Å². The second-order valence-electron chi connectivity index (χ2n) is 6.88. The number of nitrogens with zero attached hydrogens (tertiary/aromatic N) is 3. The Kier molecular flexibility index (Phi) is 6.18. The molecular weight excluding hydrogens is 304 g/mol. The van der Waals surface area contributed by atoms with Crippen LogP contribution in [0.4, 0.5) is 0 Å². The molecule has 6 heteroatoms. The lowest BCUT2D eigenvalue weighted by atomic mass is 10.2. The molecular formula is C18H28N4O2. The predicted molar refractivity (Wildman–Crippen MR) is 92.4 cm³/mol. The van der Waals surface area contributed by atoms with Crippen molar-refractivity contribution in [2.24, 2.45) is 0 Å². The van der Waals surface area contributed by atoms with Crippen molar-refractivity contribution in [3.05, 3.63) is 30.1 Å². The molecule has 0 radical (unpaired) electrons. The first kappa shape index (κ1) is 17.3. The molecule has 2 N–H and O–H groups in total. The Bertz CT molecular complexity index is 525. The van der Waals surface area contributed by atoms with E-state index < -0.39 is 0 Å². The monoisotopic (exact) mass is 332 g/mol. The van der Waals surface area contributed by atoms with Crippen molar-refractivity contribution in [2.75, 3.05) is 32.8 Å². The smallest absolute Gasteiger partial charge is 0.234 e. The van der Waals surface area contributed by atoms with Crippen LogP contribution in [0.1, 0.15) is 31.2 Å². The van der Waals surface area contributed by atoms with Crippen LogP contribution in [-0.2, 0) is 11.3 Å². The summed E-state index contributed by atoms with van der Waals surface area (Å²) in [7, 11) is 0. The van der Waals surface area contributed by atoms with Gasteiger partial charge in [0, 0.05) is 37.6 Å². The minimum absolute atomic E-state index is 0.0749. The highest BCUT2D eigenvalue weighted by molar-refractivity contribution is 5.78. The number of carbonyl (C=O) groups excluding carboxylic acids is 1. The lowest BCUT2D eigenvalue weighted by Gasteiger charge is -2.30. The molecule has 0 bridgehead atoms. The standard InChI is InChI=1S/C18H28N4O2/c23-14-17-6-3-8-21(17)12-16-5-2-9-22(16)13-18(24)20-11-15-4-1-7-19-10-15/h1,4,7,10,16-17,23H,2-3,5-6,8-9,11-14H2,(H,20,24). The van der Waals surface area contributed by atoms with Gasteiger partial charge in [0.05, 0.1) is 13.2 Å². The normalized spacial score (nSPS) is 25.2. The third-order valence-corrected chi connectivity index (χ3v) is 5.21. The van der Waals surface area contributed by atoms with Gasteiger partial charge in [-0.15, -0.1) is 0 Å². The largest absolute Gasteiger partial charge is 0.395 e. The zero-order chi connectivity index (χ0) is 16.8. The molecule has 2 aliphatic heterocycles. The maximum Gasteiger partial charge on any atom is 0.234 e.